The minimum Gasteiger partial charge on any atom is -0.206 e. The summed E-state index contributed by atoms with van der Waals surface area (Å²) in [6.07, 6.45) is 3.44. The number of nitrogens with zero attached hydrogens (tertiary/aromatic N) is 1. The Morgan fingerprint density at radius 2 is 1.59 bits per heavy atom. The Morgan fingerprint density at radius 1 is 0.889 bits per heavy atom. The number of benzene rings is 3. The zero-order valence-corrected chi connectivity index (χ0v) is 14.8. The molecule has 3 aromatic carbocycles. The maximum absolute atomic E-state index is 14.6. The molecule has 0 bridgehead atoms. The summed E-state index contributed by atoms with van der Waals surface area (Å²) < 4.78 is 57.2. The van der Waals surface area contributed by atoms with Gasteiger partial charge in [0.05, 0.1) is 5.56 Å². The molecule has 0 fully saturated rings. The van der Waals surface area contributed by atoms with Crippen LogP contribution in [0.1, 0.15) is 37.3 Å². The van der Waals surface area contributed by atoms with Crippen LogP contribution in [0.4, 0.5) is 17.6 Å². The molecule has 0 N–H and O–H groups in total. The first-order chi connectivity index (χ1) is 13.0. The second-order valence-electron chi connectivity index (χ2n) is 6.49. The fourth-order valence-corrected chi connectivity index (χ4v) is 3.21. The lowest BCUT2D eigenvalue weighted by molar-refractivity contribution is 0.583. The zero-order chi connectivity index (χ0) is 19.6. The highest BCUT2D eigenvalue weighted by atomic mass is 19.1. The van der Waals surface area contributed by atoms with Crippen molar-refractivity contribution in [1.29, 1.82) is 5.26 Å². The molecule has 27 heavy (non-hydrogen) atoms. The molecular weight excluding hydrogens is 354 g/mol. The van der Waals surface area contributed by atoms with Crippen LogP contribution in [0, 0.1) is 34.6 Å². The third-order valence-electron chi connectivity index (χ3n) is 4.60. The molecule has 0 spiro atoms. The van der Waals surface area contributed by atoms with Gasteiger partial charge >= 0.3 is 0 Å². The van der Waals surface area contributed by atoms with Crippen molar-refractivity contribution in [2.75, 3.05) is 0 Å². The van der Waals surface area contributed by atoms with Crippen molar-refractivity contribution < 1.29 is 17.6 Å². The fraction of sp³-hybridized carbons (Fsp3) is 0.227. The first-order valence-corrected chi connectivity index (χ1v) is 8.76. The Hall–Kier alpha value is -2.87. The van der Waals surface area contributed by atoms with Gasteiger partial charge in [-0.15, -0.1) is 0 Å². The van der Waals surface area contributed by atoms with Gasteiger partial charge in [0.1, 0.15) is 29.1 Å². The summed E-state index contributed by atoms with van der Waals surface area (Å²) >= 11 is 0. The van der Waals surface area contributed by atoms with E-state index >= 15 is 0 Å². The quantitative estimate of drug-likeness (QED) is 0.363. The van der Waals surface area contributed by atoms with Crippen LogP contribution in [0.2, 0.25) is 0 Å². The average Bonchev–Trinajstić information content (AvgIpc) is 2.61. The van der Waals surface area contributed by atoms with Gasteiger partial charge in [0, 0.05) is 5.39 Å². The second-order valence-corrected chi connectivity index (χ2v) is 6.49. The number of rotatable bonds is 5. The molecule has 5 heteroatoms. The van der Waals surface area contributed by atoms with Crippen molar-refractivity contribution in [3.8, 4) is 17.2 Å². The lowest BCUT2D eigenvalue weighted by Gasteiger charge is -2.10. The number of aryl methyl sites for hydroxylation is 1. The van der Waals surface area contributed by atoms with E-state index in [0.717, 1.165) is 25.3 Å². The average molecular weight is 371 g/mol. The van der Waals surface area contributed by atoms with E-state index in [-0.39, 0.29) is 21.9 Å². The predicted octanol–water partition coefficient (Wildman–Crippen LogP) is 6.67. The van der Waals surface area contributed by atoms with Gasteiger partial charge in [0.2, 0.25) is 0 Å². The van der Waals surface area contributed by atoms with E-state index < -0.39 is 28.8 Å². The minimum absolute atomic E-state index is 0.0219. The lowest BCUT2D eigenvalue weighted by atomic mass is 9.96. The Bertz CT molecular complexity index is 1030. The largest absolute Gasteiger partial charge is 0.206 e. The summed E-state index contributed by atoms with van der Waals surface area (Å²) in [7, 11) is 0. The molecule has 0 radical (unpaired) electrons. The molecule has 0 amide bonds. The van der Waals surface area contributed by atoms with E-state index in [1.807, 2.05) is 0 Å². The summed E-state index contributed by atoms with van der Waals surface area (Å²) in [4.78, 5) is 0. The van der Waals surface area contributed by atoms with Gasteiger partial charge in [-0.2, -0.15) is 5.26 Å². The summed E-state index contributed by atoms with van der Waals surface area (Å²) in [5, 5.41) is 8.99. The van der Waals surface area contributed by atoms with Crippen molar-refractivity contribution in [1.82, 2.24) is 0 Å². The number of unbranched alkanes of at least 4 members (excludes halogenated alkanes) is 2. The monoisotopic (exact) mass is 371 g/mol. The van der Waals surface area contributed by atoms with Crippen LogP contribution in [-0.2, 0) is 6.42 Å². The normalized spacial score (nSPS) is 11.0. The van der Waals surface area contributed by atoms with Crippen LogP contribution in [-0.4, -0.2) is 0 Å². The van der Waals surface area contributed by atoms with Gasteiger partial charge in [0.15, 0.2) is 5.82 Å². The van der Waals surface area contributed by atoms with E-state index in [4.69, 9.17) is 5.26 Å². The number of hydrogen-bond acceptors (Lipinski definition) is 1. The number of fused-ring (bicyclic) bond motifs is 1. The van der Waals surface area contributed by atoms with E-state index in [0.29, 0.717) is 12.0 Å². The van der Waals surface area contributed by atoms with Crippen LogP contribution in [0.3, 0.4) is 0 Å². The molecule has 0 aliphatic carbocycles. The highest BCUT2D eigenvalue weighted by Crippen LogP contribution is 2.32. The van der Waals surface area contributed by atoms with Crippen molar-refractivity contribution in [2.24, 2.45) is 0 Å². The first-order valence-electron chi connectivity index (χ1n) is 8.76. The maximum Gasteiger partial charge on any atom is 0.151 e. The van der Waals surface area contributed by atoms with Gasteiger partial charge in [-0.25, -0.2) is 17.6 Å². The van der Waals surface area contributed by atoms with E-state index in [2.05, 4.69) is 6.92 Å². The number of nitriles is 1. The molecule has 0 heterocycles. The van der Waals surface area contributed by atoms with Crippen molar-refractivity contribution in [3.63, 3.8) is 0 Å². The molecule has 0 atom stereocenters. The highest BCUT2D eigenvalue weighted by Gasteiger charge is 2.17. The SMILES string of the molecule is CCCCCc1cc(F)c(-c2ccc3c(F)c(C#N)c(F)cc3c2)c(F)c1. The zero-order valence-electron chi connectivity index (χ0n) is 14.8. The van der Waals surface area contributed by atoms with Crippen molar-refractivity contribution in [3.05, 3.63) is 70.8 Å². The summed E-state index contributed by atoms with van der Waals surface area (Å²) in [5.41, 5.74) is -0.148. The van der Waals surface area contributed by atoms with Crippen LogP contribution in [0.25, 0.3) is 21.9 Å². The van der Waals surface area contributed by atoms with Crippen molar-refractivity contribution >= 4 is 10.8 Å². The second kappa shape index (κ2) is 7.79. The summed E-state index contributed by atoms with van der Waals surface area (Å²) in [6.45, 7) is 2.05. The molecule has 3 aromatic rings. The van der Waals surface area contributed by atoms with Gasteiger partial charge < -0.3 is 0 Å². The van der Waals surface area contributed by atoms with Crippen molar-refractivity contribution in [2.45, 2.75) is 32.6 Å². The predicted molar refractivity (Wildman–Crippen MR) is 97.2 cm³/mol. The molecule has 0 aliphatic heterocycles. The van der Waals surface area contributed by atoms with Crippen LogP contribution >= 0.6 is 0 Å². The Morgan fingerprint density at radius 3 is 2.22 bits per heavy atom. The van der Waals surface area contributed by atoms with Gasteiger partial charge in [-0.3, -0.25) is 0 Å². The third kappa shape index (κ3) is 3.66. The van der Waals surface area contributed by atoms with Crippen LogP contribution in [0.5, 0.6) is 0 Å². The molecule has 0 unspecified atom stereocenters. The minimum atomic E-state index is -1.01. The standard InChI is InChI=1S/C22H17F4N/c1-2-3-4-5-13-8-19(24)21(20(25)9-13)14-6-7-16-15(10-14)11-18(23)17(12-27)22(16)26/h6-11H,2-5H2,1H3. The Balaban J connectivity index is 2.06. The van der Waals surface area contributed by atoms with Crippen LogP contribution < -0.4 is 0 Å². The van der Waals surface area contributed by atoms with E-state index in [1.165, 1.54) is 36.4 Å². The van der Waals surface area contributed by atoms with Crippen LogP contribution in [0.15, 0.2) is 36.4 Å². The molecule has 0 aromatic heterocycles. The maximum atomic E-state index is 14.6. The molecule has 3 rings (SSSR count). The topological polar surface area (TPSA) is 23.8 Å². The smallest absolute Gasteiger partial charge is 0.151 e. The molecular formula is C22H17F4N. The molecule has 0 aliphatic rings. The summed E-state index contributed by atoms with van der Waals surface area (Å²) in [5.74, 6) is -3.41. The fourth-order valence-electron chi connectivity index (χ4n) is 3.21. The Labute approximate surface area is 154 Å². The number of hydrogen-bond donors (Lipinski definition) is 0. The van der Waals surface area contributed by atoms with E-state index in [9.17, 15) is 17.6 Å². The Kier molecular flexibility index (Phi) is 5.46. The molecule has 0 saturated heterocycles. The first kappa shape index (κ1) is 18.9. The molecule has 1 nitrogen and oxygen atoms in total. The lowest BCUT2D eigenvalue weighted by Crippen LogP contribution is -1.96. The summed E-state index contributed by atoms with van der Waals surface area (Å²) in [6, 6.07) is 9.06. The highest BCUT2D eigenvalue weighted by molar-refractivity contribution is 5.89. The van der Waals surface area contributed by atoms with Gasteiger partial charge in [0.25, 0.3) is 0 Å². The third-order valence-corrected chi connectivity index (χ3v) is 4.60. The van der Waals surface area contributed by atoms with Gasteiger partial charge in [-0.1, -0.05) is 31.9 Å². The molecule has 138 valence electrons. The van der Waals surface area contributed by atoms with E-state index in [1.54, 1.807) is 0 Å². The number of halogens is 4. The molecule has 0 saturated carbocycles. The van der Waals surface area contributed by atoms with Gasteiger partial charge in [-0.05, 0) is 53.6 Å².